The van der Waals surface area contributed by atoms with Crippen LogP contribution in [0.25, 0.3) is 0 Å². The van der Waals surface area contributed by atoms with Gasteiger partial charge in [0.1, 0.15) is 5.75 Å². The van der Waals surface area contributed by atoms with E-state index < -0.39 is 0 Å². The minimum atomic E-state index is 0.365. The van der Waals surface area contributed by atoms with Gasteiger partial charge in [0.2, 0.25) is 0 Å². The van der Waals surface area contributed by atoms with E-state index in [9.17, 15) is 5.11 Å². The molecule has 2 aliphatic rings. The Morgan fingerprint density at radius 3 is 2.74 bits per heavy atom. The smallest absolute Gasteiger partial charge is 0.125 e. The lowest BCUT2D eigenvalue weighted by molar-refractivity contribution is 0.473. The normalized spacial score (nSPS) is 18.9. The highest BCUT2D eigenvalue weighted by atomic mass is 16.3. The highest BCUT2D eigenvalue weighted by Crippen LogP contribution is 2.43. The molecule has 0 spiro atoms. The molecule has 19 heavy (non-hydrogen) atoms. The number of aryl methyl sites for hydroxylation is 1. The Labute approximate surface area is 114 Å². The molecular weight excluding hydrogens is 234 g/mol. The summed E-state index contributed by atoms with van der Waals surface area (Å²) in [6.45, 7) is 5.12. The fraction of sp³-hybridized carbons (Fsp3) is 0.471. The maximum atomic E-state index is 10.2. The minimum Gasteiger partial charge on any atom is -0.507 e. The molecule has 100 valence electrons. The average molecular weight is 255 g/mol. The van der Waals surface area contributed by atoms with E-state index in [-0.39, 0.29) is 0 Å². The number of allylic oxidation sites excluding steroid dienone is 1. The Morgan fingerprint density at radius 1 is 1.32 bits per heavy atom. The monoisotopic (exact) mass is 255 g/mol. The molecule has 1 aliphatic heterocycles. The highest BCUT2D eigenvalue weighted by Gasteiger charge is 2.33. The van der Waals surface area contributed by atoms with Crippen molar-refractivity contribution >= 4 is 5.71 Å². The van der Waals surface area contributed by atoms with Crippen molar-refractivity contribution in [2.75, 3.05) is 6.54 Å². The second-order valence-corrected chi connectivity index (χ2v) is 5.66. The van der Waals surface area contributed by atoms with Crippen LogP contribution in [0, 0.1) is 12.8 Å². The van der Waals surface area contributed by atoms with Crippen LogP contribution in [-0.2, 0) is 0 Å². The summed E-state index contributed by atoms with van der Waals surface area (Å²) in [6.07, 6.45) is 4.87. The average Bonchev–Trinajstić information content (AvgIpc) is 3.14. The number of benzene rings is 1. The van der Waals surface area contributed by atoms with E-state index in [1.165, 1.54) is 18.4 Å². The van der Waals surface area contributed by atoms with Crippen molar-refractivity contribution in [1.82, 2.24) is 0 Å². The van der Waals surface area contributed by atoms with Crippen molar-refractivity contribution in [2.45, 2.75) is 39.5 Å². The zero-order chi connectivity index (χ0) is 13.4. The van der Waals surface area contributed by atoms with Gasteiger partial charge in [0.05, 0.1) is 12.3 Å². The molecule has 1 aromatic rings. The lowest BCUT2D eigenvalue weighted by Gasteiger charge is -2.12. The molecule has 3 rings (SSSR count). The first-order valence-electron chi connectivity index (χ1n) is 7.28. The summed E-state index contributed by atoms with van der Waals surface area (Å²) in [6, 6.07) is 5.72. The van der Waals surface area contributed by atoms with Crippen molar-refractivity contribution in [3.63, 3.8) is 0 Å². The Bertz CT molecular complexity index is 544. The van der Waals surface area contributed by atoms with Crippen molar-refractivity contribution in [3.8, 4) is 5.75 Å². The predicted molar refractivity (Wildman–Crippen MR) is 78.9 cm³/mol. The van der Waals surface area contributed by atoms with Crippen LogP contribution < -0.4 is 0 Å². The van der Waals surface area contributed by atoms with Crippen LogP contribution in [0.3, 0.4) is 0 Å². The molecule has 2 heteroatoms. The van der Waals surface area contributed by atoms with E-state index in [2.05, 4.69) is 19.9 Å². The molecular formula is C17H21NO. The van der Waals surface area contributed by atoms with E-state index in [1.54, 1.807) is 11.6 Å². The third kappa shape index (κ3) is 2.20. The molecule has 0 unspecified atom stereocenters. The number of hydrogen-bond donors (Lipinski definition) is 1. The zero-order valence-electron chi connectivity index (χ0n) is 11.7. The first-order valence-corrected chi connectivity index (χ1v) is 7.28. The van der Waals surface area contributed by atoms with Crippen LogP contribution in [0.5, 0.6) is 5.75 Å². The molecule has 1 aliphatic carbocycles. The standard InChI is InChI=1S/C17H21NO/c1-3-5-13-14(12-8-9-12)10-18-17(13)16-11(2)6-4-7-15(16)19/h4,6-7,12,19H,3,5,8-10H2,1-2H3. The molecule has 1 aromatic carbocycles. The highest BCUT2D eigenvalue weighted by molar-refractivity contribution is 6.16. The minimum absolute atomic E-state index is 0.365. The van der Waals surface area contributed by atoms with Crippen LogP contribution in [0.4, 0.5) is 0 Å². The van der Waals surface area contributed by atoms with Crippen LogP contribution in [-0.4, -0.2) is 17.4 Å². The SMILES string of the molecule is CCCC1=C(C2CC2)CN=C1c1c(C)cccc1O. The zero-order valence-corrected chi connectivity index (χ0v) is 11.7. The van der Waals surface area contributed by atoms with Gasteiger partial charge in [-0.25, -0.2) is 0 Å². The number of nitrogens with zero attached hydrogens (tertiary/aromatic N) is 1. The summed E-state index contributed by atoms with van der Waals surface area (Å²) in [5, 5.41) is 10.2. The van der Waals surface area contributed by atoms with E-state index in [4.69, 9.17) is 4.99 Å². The van der Waals surface area contributed by atoms with Crippen LogP contribution in [0.15, 0.2) is 34.3 Å². The second kappa shape index (κ2) is 4.84. The molecule has 0 saturated heterocycles. The van der Waals surface area contributed by atoms with Crippen molar-refractivity contribution in [2.24, 2.45) is 10.9 Å². The predicted octanol–water partition coefficient (Wildman–Crippen LogP) is 4.01. The fourth-order valence-electron chi connectivity index (χ4n) is 3.03. The van der Waals surface area contributed by atoms with E-state index in [1.807, 2.05) is 6.07 Å². The summed E-state index contributed by atoms with van der Waals surface area (Å²) < 4.78 is 0. The molecule has 1 N–H and O–H groups in total. The number of phenolic OH excluding ortho intramolecular Hbond substituents is 1. The summed E-state index contributed by atoms with van der Waals surface area (Å²) >= 11 is 0. The van der Waals surface area contributed by atoms with Crippen LogP contribution in [0.2, 0.25) is 0 Å². The number of hydrogen-bond acceptors (Lipinski definition) is 2. The molecule has 1 heterocycles. The van der Waals surface area contributed by atoms with Gasteiger partial charge in [-0.3, -0.25) is 4.99 Å². The summed E-state index contributed by atoms with van der Waals surface area (Å²) in [5.74, 6) is 1.14. The van der Waals surface area contributed by atoms with Gasteiger partial charge in [0.15, 0.2) is 0 Å². The van der Waals surface area contributed by atoms with Crippen molar-refractivity contribution in [3.05, 3.63) is 40.5 Å². The molecule has 1 fully saturated rings. The number of aromatic hydroxyl groups is 1. The Balaban J connectivity index is 2.05. The Hall–Kier alpha value is -1.57. The van der Waals surface area contributed by atoms with E-state index in [0.29, 0.717) is 5.75 Å². The maximum Gasteiger partial charge on any atom is 0.125 e. The summed E-state index contributed by atoms with van der Waals surface area (Å²) in [7, 11) is 0. The molecule has 0 atom stereocenters. The van der Waals surface area contributed by atoms with Crippen molar-refractivity contribution < 1.29 is 5.11 Å². The lowest BCUT2D eigenvalue weighted by atomic mass is 9.92. The summed E-state index contributed by atoms with van der Waals surface area (Å²) in [5.41, 5.74) is 6.07. The van der Waals surface area contributed by atoms with Crippen molar-refractivity contribution in [1.29, 1.82) is 0 Å². The van der Waals surface area contributed by atoms with Gasteiger partial charge in [-0.2, -0.15) is 0 Å². The van der Waals surface area contributed by atoms with E-state index in [0.717, 1.165) is 42.1 Å². The van der Waals surface area contributed by atoms with Gasteiger partial charge in [-0.15, -0.1) is 0 Å². The summed E-state index contributed by atoms with van der Waals surface area (Å²) in [4.78, 5) is 4.75. The second-order valence-electron chi connectivity index (χ2n) is 5.66. The van der Waals surface area contributed by atoms with Gasteiger partial charge < -0.3 is 5.11 Å². The lowest BCUT2D eigenvalue weighted by Crippen LogP contribution is -2.06. The molecule has 0 aromatic heterocycles. The molecule has 0 bridgehead atoms. The number of rotatable bonds is 4. The van der Waals surface area contributed by atoms with Gasteiger partial charge >= 0.3 is 0 Å². The van der Waals surface area contributed by atoms with E-state index >= 15 is 0 Å². The van der Waals surface area contributed by atoms with Crippen LogP contribution in [0.1, 0.15) is 43.7 Å². The molecule has 1 saturated carbocycles. The Kier molecular flexibility index (Phi) is 3.17. The topological polar surface area (TPSA) is 32.6 Å². The van der Waals surface area contributed by atoms with Gasteiger partial charge in [0.25, 0.3) is 0 Å². The van der Waals surface area contributed by atoms with Gasteiger partial charge in [-0.05, 0) is 54.9 Å². The quantitative estimate of drug-likeness (QED) is 0.866. The maximum absolute atomic E-state index is 10.2. The largest absolute Gasteiger partial charge is 0.507 e. The van der Waals surface area contributed by atoms with Gasteiger partial charge in [0, 0.05) is 5.56 Å². The molecule has 0 radical (unpaired) electrons. The Morgan fingerprint density at radius 2 is 2.11 bits per heavy atom. The first-order chi connectivity index (χ1) is 9.22. The molecule has 0 amide bonds. The number of phenols is 1. The third-order valence-corrected chi connectivity index (χ3v) is 4.14. The molecule has 2 nitrogen and oxygen atoms in total. The fourth-order valence-corrected chi connectivity index (χ4v) is 3.03. The third-order valence-electron chi connectivity index (χ3n) is 4.14. The van der Waals surface area contributed by atoms with Gasteiger partial charge in [-0.1, -0.05) is 25.5 Å². The first kappa shape index (κ1) is 12.5. The number of aliphatic imine (C=N–C) groups is 1. The van der Waals surface area contributed by atoms with Crippen LogP contribution >= 0.6 is 0 Å².